The first-order valence-electron chi connectivity index (χ1n) is 12.8. The van der Waals surface area contributed by atoms with Gasteiger partial charge in [0.1, 0.15) is 24.1 Å². The second-order valence-corrected chi connectivity index (χ2v) is 10.3. The lowest BCUT2D eigenvalue weighted by atomic mass is 10.1. The molecule has 0 spiro atoms. The van der Waals surface area contributed by atoms with Gasteiger partial charge in [-0.15, -0.1) is 0 Å². The number of aliphatic imine (C=N–C) groups is 2. The van der Waals surface area contributed by atoms with Crippen LogP contribution in [0.4, 0.5) is 17.8 Å². The van der Waals surface area contributed by atoms with Crippen molar-refractivity contribution in [3.63, 3.8) is 0 Å². The molecular formula is C27H22Cl2N10O6. The number of imidazole rings is 1. The van der Waals surface area contributed by atoms with Gasteiger partial charge in [0.25, 0.3) is 17.5 Å². The van der Waals surface area contributed by atoms with E-state index >= 15 is 0 Å². The summed E-state index contributed by atoms with van der Waals surface area (Å²) in [5.74, 6) is -2.01. The predicted octanol–water partition coefficient (Wildman–Crippen LogP) is 2.16. The number of carbonyl (C=O) groups excluding carboxylic acids is 1. The molecule has 3 heterocycles. The molecular weight excluding hydrogens is 631 g/mol. The number of aromatic hydroxyl groups is 2. The van der Waals surface area contributed by atoms with E-state index in [0.29, 0.717) is 15.6 Å². The average molecular weight is 653 g/mol. The number of aromatic nitrogens is 7. The number of benzene rings is 2. The fourth-order valence-corrected chi connectivity index (χ4v) is 4.62. The third kappa shape index (κ3) is 6.72. The van der Waals surface area contributed by atoms with Crippen molar-refractivity contribution in [2.24, 2.45) is 24.1 Å². The van der Waals surface area contributed by atoms with E-state index in [9.17, 15) is 29.7 Å². The Morgan fingerprint density at radius 3 is 2.31 bits per heavy atom. The highest BCUT2D eigenvalue weighted by Gasteiger charge is 2.17. The van der Waals surface area contributed by atoms with E-state index in [2.05, 4.69) is 35.2 Å². The largest absolute Gasteiger partial charge is 0.508 e. The Morgan fingerprint density at radius 2 is 1.64 bits per heavy atom. The Hall–Kier alpha value is -5.45. The quantitative estimate of drug-likeness (QED) is 0.179. The van der Waals surface area contributed by atoms with Crippen molar-refractivity contribution in [1.29, 1.82) is 0 Å². The maximum absolute atomic E-state index is 13.0. The monoisotopic (exact) mass is 652 g/mol. The second kappa shape index (κ2) is 12.7. The van der Waals surface area contributed by atoms with Gasteiger partial charge in [0.15, 0.2) is 11.2 Å². The molecule has 3 aromatic heterocycles. The lowest BCUT2D eigenvalue weighted by Crippen LogP contribution is -2.37. The third-order valence-electron chi connectivity index (χ3n) is 6.30. The lowest BCUT2D eigenvalue weighted by molar-refractivity contribution is -0.116. The molecule has 2 aromatic carbocycles. The molecule has 1 amide bonds. The number of phenolic OH excluding ortho intramolecular Hbond substituents is 2. The molecule has 0 aliphatic carbocycles. The van der Waals surface area contributed by atoms with Crippen LogP contribution in [0.5, 0.6) is 11.5 Å². The molecule has 0 saturated heterocycles. The van der Waals surface area contributed by atoms with E-state index in [1.807, 2.05) is 0 Å². The molecule has 230 valence electrons. The molecule has 45 heavy (non-hydrogen) atoms. The summed E-state index contributed by atoms with van der Waals surface area (Å²) >= 11 is 12.4. The molecule has 0 aliphatic heterocycles. The predicted molar refractivity (Wildman–Crippen MR) is 165 cm³/mol. The highest BCUT2D eigenvalue weighted by molar-refractivity contribution is 6.38. The highest BCUT2D eigenvalue weighted by Crippen LogP contribution is 2.25. The Labute approximate surface area is 262 Å². The molecule has 0 radical (unpaired) electrons. The number of halogens is 2. The van der Waals surface area contributed by atoms with E-state index in [0.717, 1.165) is 16.8 Å². The summed E-state index contributed by atoms with van der Waals surface area (Å²) in [7, 11) is 2.76. The minimum absolute atomic E-state index is 0.0320. The Bertz CT molecular complexity index is 2100. The number of hydrogen-bond donors (Lipinski definition) is 4. The zero-order valence-corrected chi connectivity index (χ0v) is 24.8. The Balaban J connectivity index is 1.47. The van der Waals surface area contributed by atoms with Crippen LogP contribution in [0.15, 0.2) is 62.3 Å². The topological polar surface area (TPSA) is 215 Å². The average Bonchev–Trinajstić information content (AvgIpc) is 3.40. The zero-order chi connectivity index (χ0) is 32.4. The molecule has 0 fully saturated rings. The number of carbonyl (C=O) groups is 1. The van der Waals surface area contributed by atoms with E-state index in [-0.39, 0.29) is 46.1 Å². The van der Waals surface area contributed by atoms with Crippen molar-refractivity contribution in [1.82, 2.24) is 33.6 Å². The van der Waals surface area contributed by atoms with Gasteiger partial charge in [0.05, 0.1) is 16.4 Å². The molecule has 0 saturated carbocycles. The number of anilines is 1. The Morgan fingerprint density at radius 1 is 1.00 bits per heavy atom. The number of fused-ring (bicyclic) bond motifs is 1. The summed E-state index contributed by atoms with van der Waals surface area (Å²) in [6.07, 6.45) is 2.20. The molecule has 5 rings (SSSR count). The van der Waals surface area contributed by atoms with Gasteiger partial charge in [-0.2, -0.15) is 15.0 Å². The molecule has 5 aromatic rings. The van der Waals surface area contributed by atoms with Crippen molar-refractivity contribution >= 4 is 70.5 Å². The molecule has 0 aliphatic rings. The van der Waals surface area contributed by atoms with Crippen LogP contribution in [0.25, 0.3) is 11.2 Å². The normalized spacial score (nSPS) is 12.4. The van der Waals surface area contributed by atoms with Gasteiger partial charge in [0, 0.05) is 38.2 Å². The smallest absolute Gasteiger partial charge is 0.332 e. The number of rotatable bonds is 8. The van der Waals surface area contributed by atoms with Crippen LogP contribution in [0.1, 0.15) is 17.2 Å². The zero-order valence-electron chi connectivity index (χ0n) is 23.3. The Kier molecular flexibility index (Phi) is 8.71. The first kappa shape index (κ1) is 31.0. The highest BCUT2D eigenvalue weighted by atomic mass is 35.5. The second-order valence-electron chi connectivity index (χ2n) is 9.46. The molecule has 1 atom stereocenters. The molecule has 18 heteroatoms. The first-order valence-corrected chi connectivity index (χ1v) is 13.6. The molecule has 16 nitrogen and oxygen atoms in total. The van der Waals surface area contributed by atoms with Crippen molar-refractivity contribution in [2.45, 2.75) is 12.6 Å². The standard InChI is InChI=1S/C27H22Cl2N10O6/c1-37-22-21(23(44)38(2)27(37)45)39(12-32-22)11-20(43)33-26-35-24(30-9-16-17(28)4-3-5-18(16)29)34-25(36-26)31-10-19(42)13-6-14(40)8-15(41)7-13/h3-10,12,19,40-42H,11H2,1-2H3,(H,33,34,35,36,43)/b30-9+,31-10+. The van der Waals surface area contributed by atoms with E-state index in [1.54, 1.807) is 18.2 Å². The summed E-state index contributed by atoms with van der Waals surface area (Å²) in [5, 5.41) is 33.0. The van der Waals surface area contributed by atoms with Crippen LogP contribution in [0, 0.1) is 0 Å². The summed E-state index contributed by atoms with van der Waals surface area (Å²) in [6, 6.07) is 8.41. The van der Waals surface area contributed by atoms with Gasteiger partial charge < -0.3 is 19.9 Å². The van der Waals surface area contributed by atoms with Gasteiger partial charge in [-0.05, 0) is 29.8 Å². The number of aryl methyl sites for hydroxylation is 1. The summed E-state index contributed by atoms with van der Waals surface area (Å²) in [4.78, 5) is 62.7. The van der Waals surface area contributed by atoms with E-state index in [4.69, 9.17) is 23.2 Å². The van der Waals surface area contributed by atoms with Crippen molar-refractivity contribution in [2.75, 3.05) is 5.32 Å². The number of aliphatic hydroxyl groups is 1. The summed E-state index contributed by atoms with van der Waals surface area (Å²) < 4.78 is 3.35. The number of amides is 1. The van der Waals surface area contributed by atoms with Gasteiger partial charge >= 0.3 is 5.69 Å². The van der Waals surface area contributed by atoms with Gasteiger partial charge in [-0.1, -0.05) is 29.3 Å². The number of nitrogens with one attached hydrogen (secondary N) is 1. The SMILES string of the molecule is Cn1c(=O)c2c(ncn2CC(=O)Nc2nc(/N=C/c3c(Cl)cccc3Cl)nc(/N=C/C(O)c3cc(O)cc(O)c3)n2)n(C)c1=O. The number of aliphatic hydroxyl groups excluding tert-OH is 1. The maximum atomic E-state index is 13.0. The van der Waals surface area contributed by atoms with Gasteiger partial charge in [-0.3, -0.25) is 24.0 Å². The van der Waals surface area contributed by atoms with Crippen LogP contribution in [-0.2, 0) is 25.4 Å². The minimum Gasteiger partial charge on any atom is -0.508 e. The van der Waals surface area contributed by atoms with Crippen LogP contribution < -0.4 is 16.6 Å². The number of nitrogens with zero attached hydrogens (tertiary/aromatic N) is 9. The summed E-state index contributed by atoms with van der Waals surface area (Å²) in [5.41, 5.74) is -0.576. The molecule has 1 unspecified atom stereocenters. The van der Waals surface area contributed by atoms with E-state index in [1.165, 1.54) is 47.9 Å². The van der Waals surface area contributed by atoms with Gasteiger partial charge in [0.2, 0.25) is 11.9 Å². The number of phenols is 2. The van der Waals surface area contributed by atoms with Crippen LogP contribution >= 0.6 is 23.2 Å². The van der Waals surface area contributed by atoms with Crippen molar-refractivity contribution < 1.29 is 20.1 Å². The fraction of sp³-hybridized carbons (Fsp3) is 0.148. The molecule has 0 bridgehead atoms. The first-order chi connectivity index (χ1) is 21.4. The lowest BCUT2D eigenvalue weighted by Gasteiger charge is -2.08. The summed E-state index contributed by atoms with van der Waals surface area (Å²) in [6.45, 7) is -0.401. The maximum Gasteiger partial charge on any atom is 0.332 e. The van der Waals surface area contributed by atoms with E-state index < -0.39 is 29.8 Å². The van der Waals surface area contributed by atoms with Crippen molar-refractivity contribution in [3.8, 4) is 11.5 Å². The van der Waals surface area contributed by atoms with Crippen LogP contribution in [-0.4, -0.2) is 67.3 Å². The number of hydrogen-bond acceptors (Lipinski definition) is 12. The van der Waals surface area contributed by atoms with Crippen LogP contribution in [0.2, 0.25) is 10.0 Å². The third-order valence-corrected chi connectivity index (χ3v) is 6.96. The fourth-order valence-electron chi connectivity index (χ4n) is 4.13. The van der Waals surface area contributed by atoms with Gasteiger partial charge in [-0.25, -0.2) is 19.8 Å². The van der Waals surface area contributed by atoms with Crippen LogP contribution in [0.3, 0.4) is 0 Å². The minimum atomic E-state index is -1.39. The molecule has 4 N–H and O–H groups in total. The van der Waals surface area contributed by atoms with Crippen molar-refractivity contribution in [3.05, 3.63) is 84.7 Å².